The van der Waals surface area contributed by atoms with Crippen LogP contribution in [0.1, 0.15) is 72.3 Å². The first-order valence-corrected chi connectivity index (χ1v) is 24.6. The predicted octanol–water partition coefficient (Wildman–Crippen LogP) is 7.64. The number of hydrazone groups is 1. The third-order valence-electron chi connectivity index (χ3n) is 9.35. The summed E-state index contributed by atoms with van der Waals surface area (Å²) >= 11 is 12.4. The molecule has 4 aromatic rings. The van der Waals surface area contributed by atoms with Crippen LogP contribution in [0.25, 0.3) is 0 Å². The van der Waals surface area contributed by atoms with Gasteiger partial charge in [0.1, 0.15) is 11.2 Å². The molecule has 2 heterocycles. The topological polar surface area (TPSA) is 234 Å². The van der Waals surface area contributed by atoms with Crippen LogP contribution in [-0.2, 0) is 29.5 Å². The highest BCUT2D eigenvalue weighted by molar-refractivity contribution is 7.89. The standard InChI is InChI=1S/C22H27ClN4O4S.C16H21ClN2O3.C6H8N2O2S.CH4O.2CH4/c1-22(2,3)31-21(28)27-14-12-26(13-15-27)20-11-7-10-19(23)18(20)16-24-25-32(29,30)17-8-5-4-6-9-17;1-16(2,3)22-15(21)19-9-7-18(8-10-19)14-6-4-5-13(17)12(14)11-20;7-8-11(9,10)6-4-2-1-3-5-6;1-2;;/h4-11,16,25H,12-15H2,1-3H3;4-6,11H,7-10H2,1-3H3;1-5,8H,7H2;2H,1H3;2*1H4/b24-16+;;;;;. The Morgan fingerprint density at radius 3 is 1.33 bits per heavy atom. The van der Waals surface area contributed by atoms with Crippen molar-refractivity contribution in [3.63, 3.8) is 0 Å². The lowest BCUT2D eigenvalue weighted by atomic mass is 10.1. The van der Waals surface area contributed by atoms with Crippen LogP contribution < -0.4 is 25.3 Å². The van der Waals surface area contributed by atoms with Gasteiger partial charge in [0.05, 0.1) is 31.6 Å². The second-order valence-corrected chi connectivity index (χ2v) is 20.7. The summed E-state index contributed by atoms with van der Waals surface area (Å²) in [7, 11) is -6.25. The van der Waals surface area contributed by atoms with Crippen molar-refractivity contribution in [2.75, 3.05) is 69.3 Å². The van der Waals surface area contributed by atoms with Gasteiger partial charge in [-0.15, -0.1) is 0 Å². The number of aldehydes is 1. The maximum Gasteiger partial charge on any atom is 0.410 e. The number of aliphatic hydroxyl groups excluding tert-OH is 1. The lowest BCUT2D eigenvalue weighted by Gasteiger charge is -2.37. The first kappa shape index (κ1) is 61.5. The molecule has 5 N–H and O–H groups in total. The van der Waals surface area contributed by atoms with Crippen molar-refractivity contribution in [1.29, 1.82) is 0 Å². The van der Waals surface area contributed by atoms with Gasteiger partial charge in [-0.2, -0.15) is 18.4 Å². The molecule has 2 fully saturated rings. The molecule has 0 saturated carbocycles. The zero-order valence-electron chi connectivity index (χ0n) is 38.6. The number of ether oxygens (including phenoxy) is 2. The molecule has 0 spiro atoms. The van der Waals surface area contributed by atoms with Crippen LogP contribution in [0.15, 0.2) is 112 Å². The van der Waals surface area contributed by atoms with Crippen molar-refractivity contribution >= 4 is 79.3 Å². The Kier molecular flexibility index (Phi) is 25.2. The molecular formula is C47H68Cl2N8O10S2. The number of nitrogens with two attached hydrogens (primary N) is 1. The summed E-state index contributed by atoms with van der Waals surface area (Å²) in [6.45, 7) is 15.6. The fourth-order valence-electron chi connectivity index (χ4n) is 6.24. The van der Waals surface area contributed by atoms with Gasteiger partial charge in [0.2, 0.25) is 0 Å². The highest BCUT2D eigenvalue weighted by atomic mass is 35.5. The number of sulfonamides is 2. The number of carbonyl (C=O) groups excluding carboxylic acids is 3. The van der Waals surface area contributed by atoms with Crippen molar-refractivity contribution in [3.8, 4) is 0 Å². The van der Waals surface area contributed by atoms with Crippen LogP contribution in [0.3, 0.4) is 0 Å². The summed E-state index contributed by atoms with van der Waals surface area (Å²) in [4.78, 5) is 47.3. The maximum absolute atomic E-state index is 12.4. The van der Waals surface area contributed by atoms with Gasteiger partial charge in [-0.1, -0.05) is 86.6 Å². The predicted molar refractivity (Wildman–Crippen MR) is 275 cm³/mol. The number of aliphatic hydroxyl groups is 1. The van der Waals surface area contributed by atoms with E-state index in [1.165, 1.54) is 30.5 Å². The second kappa shape index (κ2) is 28.3. The molecule has 0 unspecified atom stereocenters. The highest BCUT2D eigenvalue weighted by Crippen LogP contribution is 2.29. The van der Waals surface area contributed by atoms with Crippen molar-refractivity contribution in [3.05, 3.63) is 118 Å². The Labute approximate surface area is 418 Å². The number of hydrazine groups is 1. The van der Waals surface area contributed by atoms with E-state index in [0.717, 1.165) is 24.8 Å². The quantitative estimate of drug-likeness (QED) is 0.0547. The highest BCUT2D eigenvalue weighted by Gasteiger charge is 2.28. The summed E-state index contributed by atoms with van der Waals surface area (Å²) in [5.41, 5.74) is 1.67. The smallest absolute Gasteiger partial charge is 0.410 e. The van der Waals surface area contributed by atoms with E-state index in [2.05, 4.69) is 19.7 Å². The van der Waals surface area contributed by atoms with E-state index in [9.17, 15) is 31.2 Å². The Hall–Kier alpha value is -5.48. The number of benzene rings is 4. The Morgan fingerprint density at radius 1 is 0.609 bits per heavy atom. The molecule has 382 valence electrons. The van der Waals surface area contributed by atoms with Crippen molar-refractivity contribution in [2.45, 2.75) is 77.4 Å². The molecule has 2 aliphatic rings. The maximum atomic E-state index is 12.4. The van der Waals surface area contributed by atoms with Crippen LogP contribution in [0, 0.1) is 0 Å². The molecular weight excluding hydrogens is 972 g/mol. The fraction of sp³-hybridized carbons (Fsp3) is 0.404. The zero-order chi connectivity index (χ0) is 50.0. The van der Waals surface area contributed by atoms with Crippen molar-refractivity contribution in [1.82, 2.24) is 19.5 Å². The molecule has 22 heteroatoms. The minimum absolute atomic E-state index is 0. The number of piperazine rings is 2. The summed E-state index contributed by atoms with van der Waals surface area (Å²) in [5, 5.41) is 11.8. The van der Waals surface area contributed by atoms with Gasteiger partial charge in [0.15, 0.2) is 6.29 Å². The zero-order valence-corrected chi connectivity index (χ0v) is 41.7. The Balaban J connectivity index is 0.000000556. The first-order chi connectivity index (χ1) is 31.5. The van der Waals surface area contributed by atoms with E-state index < -0.39 is 31.2 Å². The van der Waals surface area contributed by atoms with Crippen LogP contribution in [0.4, 0.5) is 21.0 Å². The molecule has 4 aromatic carbocycles. The lowest BCUT2D eigenvalue weighted by molar-refractivity contribution is 0.0230. The molecule has 2 amide bonds. The van der Waals surface area contributed by atoms with E-state index >= 15 is 0 Å². The summed E-state index contributed by atoms with van der Waals surface area (Å²) in [6.07, 6.45) is 1.55. The van der Waals surface area contributed by atoms with Crippen LogP contribution in [0.5, 0.6) is 0 Å². The van der Waals surface area contributed by atoms with E-state index in [-0.39, 0.29) is 36.8 Å². The van der Waals surface area contributed by atoms with E-state index in [4.69, 9.17) is 43.6 Å². The number of amides is 2. The average Bonchev–Trinajstić information content (AvgIpc) is 3.30. The molecule has 2 aliphatic heterocycles. The average molecular weight is 1040 g/mol. The number of nitrogens with one attached hydrogen (secondary N) is 2. The molecule has 18 nitrogen and oxygen atoms in total. The monoisotopic (exact) mass is 1040 g/mol. The molecule has 0 bridgehead atoms. The number of hydrogen-bond donors (Lipinski definition) is 4. The second-order valence-electron chi connectivity index (χ2n) is 16.5. The number of halogens is 2. The minimum atomic E-state index is -3.78. The number of carbonyl (C=O) groups is 3. The van der Waals surface area contributed by atoms with Gasteiger partial charge in [-0.25, -0.2) is 22.8 Å². The molecule has 69 heavy (non-hydrogen) atoms. The van der Waals surface area contributed by atoms with Crippen LogP contribution >= 0.6 is 23.2 Å². The Morgan fingerprint density at radius 2 is 0.971 bits per heavy atom. The fourth-order valence-corrected chi connectivity index (χ4v) is 8.14. The van der Waals surface area contributed by atoms with Gasteiger partial charge < -0.3 is 34.2 Å². The van der Waals surface area contributed by atoms with E-state index in [1.807, 2.05) is 65.8 Å². The number of rotatable bonds is 9. The van der Waals surface area contributed by atoms with Crippen molar-refractivity contribution in [2.24, 2.45) is 10.9 Å². The van der Waals surface area contributed by atoms with Crippen LogP contribution in [-0.4, -0.2) is 127 Å². The molecule has 6 rings (SSSR count). The molecule has 0 radical (unpaired) electrons. The Bertz CT molecular complexity index is 2480. The number of anilines is 2. The van der Waals surface area contributed by atoms with Gasteiger partial charge in [-0.05, 0) is 90.1 Å². The van der Waals surface area contributed by atoms with E-state index in [0.29, 0.717) is 73.5 Å². The molecule has 0 atom stereocenters. The van der Waals surface area contributed by atoms with Gasteiger partial charge in [0, 0.05) is 76.4 Å². The normalized spacial score (nSPS) is 13.9. The van der Waals surface area contributed by atoms with E-state index in [1.54, 1.807) is 63.2 Å². The molecule has 0 aliphatic carbocycles. The van der Waals surface area contributed by atoms with Gasteiger partial charge >= 0.3 is 12.2 Å². The third kappa shape index (κ3) is 19.4. The van der Waals surface area contributed by atoms with Gasteiger partial charge in [-0.3, -0.25) is 10.6 Å². The minimum Gasteiger partial charge on any atom is -0.444 e. The first-order valence-electron chi connectivity index (χ1n) is 20.9. The van der Waals surface area contributed by atoms with Crippen molar-refractivity contribution < 1.29 is 45.8 Å². The van der Waals surface area contributed by atoms with Gasteiger partial charge in [0.25, 0.3) is 20.0 Å². The largest absolute Gasteiger partial charge is 0.444 e. The summed E-state index contributed by atoms with van der Waals surface area (Å²) in [6, 6.07) is 26.7. The number of nitrogens with zero attached hydrogens (tertiary/aromatic N) is 5. The SMILES string of the molecule is C.C.CC(C)(C)OC(=O)N1CCN(c2cccc(Cl)c2/C=N/NS(=O)(=O)c2ccccc2)CC1.CC(C)(C)OC(=O)N1CCN(c2cccc(Cl)c2C=O)CC1.CO.NNS(=O)(=O)c1ccccc1. The summed E-state index contributed by atoms with van der Waals surface area (Å²) < 4.78 is 57.5. The lowest BCUT2D eigenvalue weighted by Crippen LogP contribution is -2.50. The molecule has 0 aromatic heterocycles. The van der Waals surface area contributed by atoms with Crippen LogP contribution in [0.2, 0.25) is 10.0 Å². The summed E-state index contributed by atoms with van der Waals surface area (Å²) in [5.74, 6) is 4.80. The number of hydrogen-bond acceptors (Lipinski definition) is 14. The third-order valence-corrected chi connectivity index (χ3v) is 12.5. The molecule has 2 saturated heterocycles.